The molecule has 0 aromatic rings. The highest BCUT2D eigenvalue weighted by Crippen LogP contribution is 2.40. The van der Waals surface area contributed by atoms with Gasteiger partial charge in [0.15, 0.2) is 8.32 Å². The molecule has 1 amide bonds. The number of aliphatic carboxylic acids is 1. The Morgan fingerprint density at radius 3 is 2.19 bits per heavy atom. The molecule has 0 aliphatic rings. The van der Waals surface area contributed by atoms with Gasteiger partial charge in [0, 0.05) is 19.9 Å². The fourth-order valence-electron chi connectivity index (χ4n) is 3.61. The highest BCUT2D eigenvalue weighted by atomic mass is 32.2. The number of amides is 1. The molecule has 0 heterocycles. The Morgan fingerprint density at radius 2 is 1.78 bits per heavy atom. The SMILES string of the molecule is [2H]CN(C(=O)/C(C)=C/C[C@H](OCSC)[C@H](C)[C@H](O[Si](C)(C)C(C)(C)C)/C(C)=C/C)[C@@H](CC(C)C)C(=O)O. The molecular formula is C28H53NO5SSi. The van der Waals surface area contributed by atoms with Crippen molar-refractivity contribution in [3.8, 4) is 0 Å². The second kappa shape index (κ2) is 15.4. The van der Waals surface area contributed by atoms with Crippen molar-refractivity contribution in [2.75, 3.05) is 19.2 Å². The van der Waals surface area contributed by atoms with Crippen LogP contribution in [0.1, 0.15) is 76.5 Å². The van der Waals surface area contributed by atoms with Crippen LogP contribution in [-0.4, -0.2) is 67.7 Å². The first-order valence-electron chi connectivity index (χ1n) is 13.6. The van der Waals surface area contributed by atoms with Crippen molar-refractivity contribution in [1.82, 2.24) is 4.90 Å². The molecule has 0 fully saturated rings. The Hall–Kier alpha value is -1.09. The van der Waals surface area contributed by atoms with Gasteiger partial charge < -0.3 is 19.2 Å². The number of thioether (sulfide) groups is 1. The van der Waals surface area contributed by atoms with Gasteiger partial charge in [-0.15, -0.1) is 11.8 Å². The average molecular weight is 545 g/mol. The summed E-state index contributed by atoms with van der Waals surface area (Å²) in [6.45, 7) is 23.0. The molecular weight excluding hydrogens is 490 g/mol. The number of hydrogen-bond donors (Lipinski definition) is 1. The maximum Gasteiger partial charge on any atom is 0.326 e. The first-order valence-corrected chi connectivity index (χ1v) is 17.2. The number of carbonyl (C=O) groups is 2. The summed E-state index contributed by atoms with van der Waals surface area (Å²) in [6, 6.07) is -1.02. The van der Waals surface area contributed by atoms with E-state index in [-0.39, 0.29) is 29.1 Å². The molecule has 8 heteroatoms. The standard InChI is InChI=1S/C28H53NO5SSi/c1-14-20(4)25(34-36(12,13)28(7,8)9)22(6)24(33-18-35-11)16-15-21(5)26(30)29(10)23(27(31)32)17-19(2)3/h14-15,19,22-25H,16-18H2,1-13H3,(H,31,32)/b20-14+,21-15+/t22-,23-,24-,25+/m0/s1/i10D. The lowest BCUT2D eigenvalue weighted by Gasteiger charge is -2.42. The van der Waals surface area contributed by atoms with Crippen LogP contribution in [-0.2, 0) is 18.8 Å². The van der Waals surface area contributed by atoms with Gasteiger partial charge in [0.05, 0.1) is 18.1 Å². The molecule has 4 atom stereocenters. The van der Waals surface area contributed by atoms with E-state index in [1.54, 1.807) is 18.7 Å². The number of allylic oxidation sites excluding steroid dienone is 1. The van der Waals surface area contributed by atoms with Crippen molar-refractivity contribution < 1.29 is 25.2 Å². The quantitative estimate of drug-likeness (QED) is 0.104. The summed E-state index contributed by atoms with van der Waals surface area (Å²) >= 11 is 1.60. The van der Waals surface area contributed by atoms with Crippen LogP contribution in [0.2, 0.25) is 18.1 Å². The molecule has 0 unspecified atom stereocenters. The predicted octanol–water partition coefficient (Wildman–Crippen LogP) is 6.98. The Kier molecular flexibility index (Phi) is 14.0. The van der Waals surface area contributed by atoms with Gasteiger partial charge in [0.25, 0.3) is 0 Å². The second-order valence-corrected chi connectivity index (χ2v) is 17.3. The van der Waals surface area contributed by atoms with Crippen molar-refractivity contribution in [3.63, 3.8) is 0 Å². The Labute approximate surface area is 227 Å². The minimum atomic E-state index is -2.06. The molecule has 0 spiro atoms. The lowest BCUT2D eigenvalue weighted by atomic mass is 9.90. The van der Waals surface area contributed by atoms with Crippen LogP contribution in [0.4, 0.5) is 0 Å². The molecule has 6 nitrogen and oxygen atoms in total. The number of carboxylic acid groups (broad SMARTS) is 1. The van der Waals surface area contributed by atoms with Crippen LogP contribution in [0.15, 0.2) is 23.3 Å². The highest BCUT2D eigenvalue weighted by molar-refractivity contribution is 7.98. The van der Waals surface area contributed by atoms with Crippen molar-refractivity contribution in [2.45, 2.75) is 112 Å². The van der Waals surface area contributed by atoms with E-state index in [0.29, 0.717) is 24.4 Å². The average Bonchev–Trinajstić information content (AvgIpc) is 2.80. The summed E-state index contributed by atoms with van der Waals surface area (Å²) in [5, 5.41) is 9.76. The zero-order chi connectivity index (χ0) is 29.1. The maximum atomic E-state index is 13.2. The second-order valence-electron chi connectivity index (χ2n) is 11.7. The molecule has 210 valence electrons. The third kappa shape index (κ3) is 10.7. The van der Waals surface area contributed by atoms with Gasteiger partial charge in [-0.2, -0.15) is 0 Å². The fraction of sp³-hybridized carbons (Fsp3) is 0.786. The fourth-order valence-corrected chi connectivity index (χ4v) is 5.31. The first-order chi connectivity index (χ1) is 16.9. The summed E-state index contributed by atoms with van der Waals surface area (Å²) in [6.07, 6.45) is 6.39. The normalized spacial score (nSPS) is 17.4. The zero-order valence-corrected chi connectivity index (χ0v) is 26.6. The number of rotatable bonds is 15. The van der Waals surface area contributed by atoms with E-state index >= 15 is 0 Å². The maximum absolute atomic E-state index is 13.2. The number of carbonyl (C=O) groups excluding carboxylic acids is 1. The third-order valence-electron chi connectivity index (χ3n) is 7.21. The monoisotopic (exact) mass is 544 g/mol. The van der Waals surface area contributed by atoms with Crippen LogP contribution in [0, 0.1) is 11.8 Å². The molecule has 0 radical (unpaired) electrons. The molecule has 0 aliphatic heterocycles. The number of nitrogens with zero attached hydrogens (tertiary/aromatic N) is 1. The van der Waals surface area contributed by atoms with Crippen LogP contribution in [0.5, 0.6) is 0 Å². The largest absolute Gasteiger partial charge is 0.480 e. The van der Waals surface area contributed by atoms with Gasteiger partial charge in [0.2, 0.25) is 5.91 Å². The van der Waals surface area contributed by atoms with Gasteiger partial charge in [-0.25, -0.2) is 4.79 Å². The van der Waals surface area contributed by atoms with Gasteiger partial charge >= 0.3 is 5.97 Å². The summed E-state index contributed by atoms with van der Waals surface area (Å²) in [5.74, 6) is -0.865. The van der Waals surface area contributed by atoms with E-state index in [4.69, 9.17) is 10.5 Å². The van der Waals surface area contributed by atoms with Crippen LogP contribution in [0.25, 0.3) is 0 Å². The van der Waals surface area contributed by atoms with E-state index in [9.17, 15) is 14.7 Å². The molecule has 0 rings (SSSR count). The number of carboxylic acids is 1. The van der Waals surface area contributed by atoms with Gasteiger partial charge in [0.1, 0.15) is 6.04 Å². The Balaban J connectivity index is 6.04. The van der Waals surface area contributed by atoms with Crippen molar-refractivity contribution in [1.29, 1.82) is 0 Å². The van der Waals surface area contributed by atoms with E-state index in [1.807, 2.05) is 33.1 Å². The lowest BCUT2D eigenvalue weighted by molar-refractivity contribution is -0.148. The van der Waals surface area contributed by atoms with Gasteiger partial charge in [-0.05, 0) is 69.5 Å². The molecule has 1 N–H and O–H groups in total. The van der Waals surface area contributed by atoms with Crippen molar-refractivity contribution >= 4 is 32.0 Å². The van der Waals surface area contributed by atoms with E-state index in [0.717, 1.165) is 10.5 Å². The molecule has 0 saturated carbocycles. The summed E-state index contributed by atoms with van der Waals surface area (Å²) in [5.41, 5.74) is 1.59. The van der Waals surface area contributed by atoms with Crippen LogP contribution in [0.3, 0.4) is 0 Å². The predicted molar refractivity (Wildman–Crippen MR) is 156 cm³/mol. The minimum Gasteiger partial charge on any atom is -0.480 e. The number of likely N-dealkylation sites (N-methyl/N-ethyl adjacent to an activating group) is 1. The van der Waals surface area contributed by atoms with Crippen LogP contribution >= 0.6 is 11.8 Å². The van der Waals surface area contributed by atoms with E-state index in [2.05, 4.69) is 53.8 Å². The van der Waals surface area contributed by atoms with Crippen LogP contribution < -0.4 is 0 Å². The van der Waals surface area contributed by atoms with Gasteiger partial charge in [-0.1, -0.05) is 53.7 Å². The van der Waals surface area contributed by atoms with E-state index in [1.165, 1.54) is 0 Å². The number of ether oxygens (including phenoxy) is 1. The minimum absolute atomic E-state index is 0.0246. The van der Waals surface area contributed by atoms with E-state index < -0.39 is 33.3 Å². The molecule has 0 aromatic heterocycles. The Morgan fingerprint density at radius 1 is 1.19 bits per heavy atom. The van der Waals surface area contributed by atoms with Gasteiger partial charge in [-0.3, -0.25) is 4.79 Å². The summed E-state index contributed by atoms with van der Waals surface area (Å²) in [4.78, 5) is 26.2. The third-order valence-corrected chi connectivity index (χ3v) is 12.0. The molecule has 0 saturated heterocycles. The topological polar surface area (TPSA) is 76.1 Å². The molecule has 0 bridgehead atoms. The molecule has 36 heavy (non-hydrogen) atoms. The molecule has 0 aliphatic carbocycles. The Bertz CT molecular complexity index is 794. The lowest BCUT2D eigenvalue weighted by Crippen LogP contribution is -2.47. The molecule has 0 aromatic carbocycles. The summed E-state index contributed by atoms with van der Waals surface area (Å²) in [7, 11) is -2.46. The number of hydrogen-bond acceptors (Lipinski definition) is 5. The highest BCUT2D eigenvalue weighted by Gasteiger charge is 2.41. The smallest absolute Gasteiger partial charge is 0.326 e. The first kappa shape index (κ1) is 32.9. The zero-order valence-electron chi connectivity index (χ0n) is 25.8. The van der Waals surface area contributed by atoms with Crippen molar-refractivity contribution in [3.05, 3.63) is 23.3 Å². The van der Waals surface area contributed by atoms with Crippen molar-refractivity contribution in [2.24, 2.45) is 11.8 Å². The summed E-state index contributed by atoms with van der Waals surface area (Å²) < 4.78 is 21.0.